The topological polar surface area (TPSA) is 55.8 Å². The summed E-state index contributed by atoms with van der Waals surface area (Å²) >= 11 is 0. The van der Waals surface area contributed by atoms with Crippen molar-refractivity contribution in [1.82, 2.24) is 0 Å². The van der Waals surface area contributed by atoms with Gasteiger partial charge in [-0.2, -0.15) is 0 Å². The van der Waals surface area contributed by atoms with E-state index in [1.54, 1.807) is 6.08 Å². The first kappa shape index (κ1) is 16.4. The van der Waals surface area contributed by atoms with Gasteiger partial charge >= 0.3 is 5.97 Å². The van der Waals surface area contributed by atoms with Crippen molar-refractivity contribution >= 4 is 12.0 Å². The molecular formula is C16H22O4. The molecule has 0 amide bonds. The summed E-state index contributed by atoms with van der Waals surface area (Å²) < 4.78 is 11.1. The van der Waals surface area contributed by atoms with E-state index in [1.807, 2.05) is 45.0 Å². The van der Waals surface area contributed by atoms with Crippen molar-refractivity contribution in [3.05, 3.63) is 41.5 Å². The largest absolute Gasteiger partial charge is 0.478 e. The van der Waals surface area contributed by atoms with Crippen LogP contribution < -0.4 is 0 Å². The van der Waals surface area contributed by atoms with Crippen LogP contribution in [0.3, 0.4) is 0 Å². The van der Waals surface area contributed by atoms with E-state index >= 15 is 0 Å². The third-order valence-corrected chi connectivity index (χ3v) is 2.43. The van der Waals surface area contributed by atoms with Crippen molar-refractivity contribution in [3.63, 3.8) is 0 Å². The lowest BCUT2D eigenvalue weighted by atomic mass is 10.1. The number of carbonyl (C=O) groups is 1. The van der Waals surface area contributed by atoms with Crippen LogP contribution in [0.2, 0.25) is 0 Å². The molecule has 0 aliphatic heterocycles. The second kappa shape index (κ2) is 7.82. The van der Waals surface area contributed by atoms with E-state index in [0.717, 1.165) is 17.2 Å². The zero-order valence-electron chi connectivity index (χ0n) is 12.3. The Morgan fingerprint density at radius 1 is 1.20 bits per heavy atom. The first-order chi connectivity index (χ1) is 9.37. The van der Waals surface area contributed by atoms with Gasteiger partial charge in [-0.15, -0.1) is 0 Å². The van der Waals surface area contributed by atoms with Gasteiger partial charge in [-0.25, -0.2) is 4.79 Å². The van der Waals surface area contributed by atoms with Crippen LogP contribution in [-0.2, 0) is 20.9 Å². The number of carboxylic acid groups (broad SMARTS) is 1. The molecule has 20 heavy (non-hydrogen) atoms. The maximum atomic E-state index is 10.4. The molecule has 0 spiro atoms. The third kappa shape index (κ3) is 7.71. The monoisotopic (exact) mass is 278 g/mol. The fourth-order valence-corrected chi connectivity index (χ4v) is 1.49. The van der Waals surface area contributed by atoms with Crippen molar-refractivity contribution in [2.45, 2.75) is 33.0 Å². The average molecular weight is 278 g/mol. The molecule has 1 rings (SSSR count). The standard InChI is InChI=1S/C16H22O4/c1-16(2,3)20-11-10-19-12-14-6-4-13(5-7-14)8-9-15(17)18/h4-9H,10-12H2,1-3H3,(H,17,18)/b9-8+. The zero-order valence-corrected chi connectivity index (χ0v) is 12.3. The van der Waals surface area contributed by atoms with Crippen molar-refractivity contribution in [1.29, 1.82) is 0 Å². The number of hydrogen-bond donors (Lipinski definition) is 1. The van der Waals surface area contributed by atoms with Crippen LogP contribution in [0.4, 0.5) is 0 Å². The molecule has 0 aliphatic rings. The maximum Gasteiger partial charge on any atom is 0.328 e. The molecule has 4 nitrogen and oxygen atoms in total. The molecule has 0 radical (unpaired) electrons. The van der Waals surface area contributed by atoms with Crippen molar-refractivity contribution in [2.75, 3.05) is 13.2 Å². The molecular weight excluding hydrogens is 256 g/mol. The van der Waals surface area contributed by atoms with Crippen LogP contribution in [0.15, 0.2) is 30.3 Å². The zero-order chi connectivity index (χ0) is 15.0. The quantitative estimate of drug-likeness (QED) is 0.615. The highest BCUT2D eigenvalue weighted by Gasteiger charge is 2.08. The minimum absolute atomic E-state index is 0.137. The van der Waals surface area contributed by atoms with Gasteiger partial charge in [0.1, 0.15) is 0 Å². The molecule has 0 aliphatic carbocycles. The Morgan fingerprint density at radius 3 is 2.40 bits per heavy atom. The summed E-state index contributed by atoms with van der Waals surface area (Å²) in [4.78, 5) is 10.4. The van der Waals surface area contributed by atoms with Crippen LogP contribution in [-0.4, -0.2) is 29.9 Å². The molecule has 0 saturated carbocycles. The molecule has 110 valence electrons. The van der Waals surface area contributed by atoms with E-state index in [0.29, 0.717) is 19.8 Å². The molecule has 1 N–H and O–H groups in total. The minimum Gasteiger partial charge on any atom is -0.478 e. The molecule has 1 aromatic carbocycles. The molecule has 0 bridgehead atoms. The van der Waals surface area contributed by atoms with Gasteiger partial charge in [0, 0.05) is 6.08 Å². The Balaban J connectivity index is 2.30. The highest BCUT2D eigenvalue weighted by atomic mass is 16.5. The van der Waals surface area contributed by atoms with E-state index in [4.69, 9.17) is 14.6 Å². The third-order valence-electron chi connectivity index (χ3n) is 2.43. The number of carboxylic acids is 1. The van der Waals surface area contributed by atoms with Crippen LogP contribution in [0.1, 0.15) is 31.9 Å². The van der Waals surface area contributed by atoms with Gasteiger partial charge < -0.3 is 14.6 Å². The van der Waals surface area contributed by atoms with E-state index in [1.165, 1.54) is 0 Å². The Bertz CT molecular complexity index is 441. The van der Waals surface area contributed by atoms with E-state index < -0.39 is 5.97 Å². The summed E-state index contributed by atoms with van der Waals surface area (Å²) in [5, 5.41) is 8.53. The molecule has 0 unspecified atom stereocenters. The van der Waals surface area contributed by atoms with Crippen molar-refractivity contribution in [2.24, 2.45) is 0 Å². The fourth-order valence-electron chi connectivity index (χ4n) is 1.49. The second-order valence-electron chi connectivity index (χ2n) is 5.43. The summed E-state index contributed by atoms with van der Waals surface area (Å²) in [6.07, 6.45) is 2.68. The van der Waals surface area contributed by atoms with Gasteiger partial charge in [0.2, 0.25) is 0 Å². The first-order valence-electron chi connectivity index (χ1n) is 6.58. The van der Waals surface area contributed by atoms with Gasteiger partial charge in [0.15, 0.2) is 0 Å². The van der Waals surface area contributed by atoms with Crippen LogP contribution in [0, 0.1) is 0 Å². The van der Waals surface area contributed by atoms with Crippen LogP contribution in [0.5, 0.6) is 0 Å². The summed E-state index contributed by atoms with van der Waals surface area (Å²) in [7, 11) is 0. The number of aliphatic carboxylic acids is 1. The SMILES string of the molecule is CC(C)(C)OCCOCc1ccc(/C=C/C(=O)O)cc1. The minimum atomic E-state index is -0.948. The summed E-state index contributed by atoms with van der Waals surface area (Å²) in [5.41, 5.74) is 1.77. The predicted molar refractivity (Wildman–Crippen MR) is 78.5 cm³/mol. The van der Waals surface area contributed by atoms with Gasteiger partial charge in [0.25, 0.3) is 0 Å². The lowest BCUT2D eigenvalue weighted by molar-refractivity contribution is -0.131. The number of benzene rings is 1. The average Bonchev–Trinajstić information content (AvgIpc) is 2.36. The Kier molecular flexibility index (Phi) is 6.42. The van der Waals surface area contributed by atoms with Crippen molar-refractivity contribution < 1.29 is 19.4 Å². The van der Waals surface area contributed by atoms with Gasteiger partial charge in [-0.3, -0.25) is 0 Å². The van der Waals surface area contributed by atoms with Crippen molar-refractivity contribution in [3.8, 4) is 0 Å². The molecule has 1 aromatic rings. The van der Waals surface area contributed by atoms with E-state index in [-0.39, 0.29) is 5.60 Å². The lowest BCUT2D eigenvalue weighted by Gasteiger charge is -2.19. The number of hydrogen-bond acceptors (Lipinski definition) is 3. The number of rotatable bonds is 7. The molecule has 0 heterocycles. The molecule has 0 saturated heterocycles. The fraction of sp³-hybridized carbons (Fsp3) is 0.438. The maximum absolute atomic E-state index is 10.4. The first-order valence-corrected chi connectivity index (χ1v) is 6.58. The summed E-state index contributed by atoms with van der Waals surface area (Å²) in [6.45, 7) is 7.68. The predicted octanol–water partition coefficient (Wildman–Crippen LogP) is 3.12. The smallest absolute Gasteiger partial charge is 0.328 e. The van der Waals surface area contributed by atoms with Gasteiger partial charge in [-0.05, 0) is 38.0 Å². The van der Waals surface area contributed by atoms with Crippen LogP contribution in [0.25, 0.3) is 6.08 Å². The summed E-state index contributed by atoms with van der Waals surface area (Å²) in [5.74, 6) is -0.948. The molecule has 0 atom stereocenters. The second-order valence-corrected chi connectivity index (χ2v) is 5.43. The molecule has 0 fully saturated rings. The highest BCUT2D eigenvalue weighted by Crippen LogP contribution is 2.08. The Hall–Kier alpha value is -1.65. The normalized spacial score (nSPS) is 11.9. The Morgan fingerprint density at radius 2 is 1.85 bits per heavy atom. The van der Waals surface area contributed by atoms with Gasteiger partial charge in [0.05, 0.1) is 25.4 Å². The highest BCUT2D eigenvalue weighted by molar-refractivity contribution is 5.85. The van der Waals surface area contributed by atoms with Crippen LogP contribution >= 0.6 is 0 Å². The summed E-state index contributed by atoms with van der Waals surface area (Å²) in [6, 6.07) is 7.58. The van der Waals surface area contributed by atoms with E-state index in [2.05, 4.69) is 0 Å². The molecule has 4 heteroatoms. The lowest BCUT2D eigenvalue weighted by Crippen LogP contribution is -2.21. The van der Waals surface area contributed by atoms with E-state index in [9.17, 15) is 4.79 Å². The number of ether oxygens (including phenoxy) is 2. The molecule has 0 aromatic heterocycles. The van der Waals surface area contributed by atoms with Gasteiger partial charge in [-0.1, -0.05) is 24.3 Å². The Labute approximate surface area is 120 Å².